The van der Waals surface area contributed by atoms with Crippen molar-refractivity contribution in [2.45, 2.75) is 26.8 Å². The minimum atomic E-state index is 0.304. The minimum absolute atomic E-state index is 0.304. The molecule has 4 heteroatoms. The molecule has 0 saturated carbocycles. The molecule has 2 heterocycles. The van der Waals surface area contributed by atoms with Gasteiger partial charge in [-0.3, -0.25) is 9.80 Å². The Labute approximate surface area is 152 Å². The zero-order chi connectivity index (χ0) is 17.6. The van der Waals surface area contributed by atoms with Gasteiger partial charge in [-0.2, -0.15) is 0 Å². The van der Waals surface area contributed by atoms with Crippen LogP contribution in [0.5, 0.6) is 0 Å². The van der Waals surface area contributed by atoms with Gasteiger partial charge in [0.1, 0.15) is 0 Å². The van der Waals surface area contributed by atoms with Crippen LogP contribution in [0.25, 0.3) is 0 Å². The van der Waals surface area contributed by atoms with Gasteiger partial charge in [0.15, 0.2) is 0 Å². The van der Waals surface area contributed by atoms with Gasteiger partial charge in [0, 0.05) is 45.9 Å². The Morgan fingerprint density at radius 1 is 1.00 bits per heavy atom. The summed E-state index contributed by atoms with van der Waals surface area (Å²) in [5.41, 5.74) is 2.81. The van der Waals surface area contributed by atoms with Crippen molar-refractivity contribution in [1.82, 2.24) is 9.80 Å². The molecule has 140 valence electrons. The summed E-state index contributed by atoms with van der Waals surface area (Å²) in [5.74, 6) is 1.68. The maximum atomic E-state index is 9.80. The Balaban J connectivity index is 1.52. The number of likely N-dealkylation sites (tertiary alicyclic amines) is 1. The van der Waals surface area contributed by atoms with Gasteiger partial charge in [-0.05, 0) is 35.3 Å². The van der Waals surface area contributed by atoms with Crippen LogP contribution in [0.2, 0.25) is 0 Å². The summed E-state index contributed by atoms with van der Waals surface area (Å²) >= 11 is 0. The summed E-state index contributed by atoms with van der Waals surface area (Å²) in [7, 11) is 0. The van der Waals surface area contributed by atoms with Crippen LogP contribution in [0.3, 0.4) is 0 Å². The van der Waals surface area contributed by atoms with E-state index in [1.807, 2.05) is 0 Å². The molecule has 0 bridgehead atoms. The van der Waals surface area contributed by atoms with Crippen molar-refractivity contribution in [2.24, 2.45) is 17.8 Å². The van der Waals surface area contributed by atoms with Gasteiger partial charge in [0.25, 0.3) is 0 Å². The number of nitrogens with zero attached hydrogens (tertiary/aromatic N) is 2. The van der Waals surface area contributed by atoms with Crippen LogP contribution in [0.4, 0.5) is 0 Å². The smallest absolute Gasteiger partial charge is 0.0594 e. The van der Waals surface area contributed by atoms with E-state index in [0.717, 1.165) is 58.9 Å². The van der Waals surface area contributed by atoms with Crippen LogP contribution in [-0.4, -0.2) is 67.5 Å². The largest absolute Gasteiger partial charge is 0.396 e. The maximum Gasteiger partial charge on any atom is 0.0594 e. The van der Waals surface area contributed by atoms with E-state index in [4.69, 9.17) is 4.74 Å². The molecule has 2 aliphatic heterocycles. The van der Waals surface area contributed by atoms with Crippen LogP contribution < -0.4 is 0 Å². The molecule has 2 aliphatic rings. The van der Waals surface area contributed by atoms with Gasteiger partial charge < -0.3 is 9.84 Å². The standard InChI is InChI=1S/C21H34N2O2/c1-17(2)11-18-3-5-19(6-4-18)12-23-14-20(21(15-23)16-24)13-22-7-9-25-10-8-22/h3-6,17,20-21,24H,7-16H2,1-2H3/t20-,21-/m1/s1. The van der Waals surface area contributed by atoms with Gasteiger partial charge in [-0.25, -0.2) is 0 Å². The third-order valence-electron chi connectivity index (χ3n) is 5.56. The highest BCUT2D eigenvalue weighted by molar-refractivity contribution is 5.23. The molecule has 2 fully saturated rings. The Hall–Kier alpha value is -0.940. The third-order valence-corrected chi connectivity index (χ3v) is 5.56. The summed E-state index contributed by atoms with van der Waals surface area (Å²) in [6, 6.07) is 9.11. The van der Waals surface area contributed by atoms with Crippen LogP contribution in [0, 0.1) is 17.8 Å². The Morgan fingerprint density at radius 2 is 1.64 bits per heavy atom. The summed E-state index contributed by atoms with van der Waals surface area (Å²) in [4.78, 5) is 5.02. The number of aliphatic hydroxyl groups excluding tert-OH is 1. The van der Waals surface area contributed by atoms with Gasteiger partial charge >= 0.3 is 0 Å². The lowest BCUT2D eigenvalue weighted by atomic mass is 9.96. The number of aliphatic hydroxyl groups is 1. The van der Waals surface area contributed by atoms with Gasteiger partial charge in [0.2, 0.25) is 0 Å². The first-order valence-corrected chi connectivity index (χ1v) is 9.85. The fourth-order valence-electron chi connectivity index (χ4n) is 4.20. The monoisotopic (exact) mass is 346 g/mol. The molecular formula is C21H34N2O2. The Kier molecular flexibility index (Phi) is 6.88. The lowest BCUT2D eigenvalue weighted by Gasteiger charge is -2.30. The Bertz CT molecular complexity index is 511. The molecule has 1 N–H and O–H groups in total. The van der Waals surface area contributed by atoms with E-state index in [2.05, 4.69) is 47.9 Å². The molecule has 0 aliphatic carbocycles. The molecule has 0 aromatic heterocycles. The fourth-order valence-corrected chi connectivity index (χ4v) is 4.20. The van der Waals surface area contributed by atoms with Crippen LogP contribution in [0.1, 0.15) is 25.0 Å². The molecule has 0 radical (unpaired) electrons. The van der Waals surface area contributed by atoms with Gasteiger partial charge in [0.05, 0.1) is 13.2 Å². The van der Waals surface area contributed by atoms with Crippen molar-refractivity contribution < 1.29 is 9.84 Å². The molecule has 3 rings (SSSR count). The van der Waals surface area contributed by atoms with E-state index in [1.165, 1.54) is 11.1 Å². The molecule has 25 heavy (non-hydrogen) atoms. The number of benzene rings is 1. The van der Waals surface area contributed by atoms with E-state index in [0.29, 0.717) is 24.4 Å². The minimum Gasteiger partial charge on any atom is -0.396 e. The molecule has 0 unspecified atom stereocenters. The van der Waals surface area contributed by atoms with E-state index in [9.17, 15) is 5.11 Å². The summed E-state index contributed by atoms with van der Waals surface area (Å²) in [6.07, 6.45) is 1.15. The first kappa shape index (κ1) is 18.8. The molecule has 4 nitrogen and oxygen atoms in total. The molecular weight excluding hydrogens is 312 g/mol. The zero-order valence-corrected chi connectivity index (χ0v) is 15.9. The first-order valence-electron chi connectivity index (χ1n) is 9.85. The zero-order valence-electron chi connectivity index (χ0n) is 15.9. The molecule has 2 saturated heterocycles. The Morgan fingerprint density at radius 3 is 2.28 bits per heavy atom. The number of hydrogen-bond acceptors (Lipinski definition) is 4. The second-order valence-corrected chi connectivity index (χ2v) is 8.22. The third kappa shape index (κ3) is 5.52. The van der Waals surface area contributed by atoms with Crippen LogP contribution in [0.15, 0.2) is 24.3 Å². The number of rotatable bonds is 7. The average molecular weight is 347 g/mol. The maximum absolute atomic E-state index is 9.80. The van der Waals surface area contributed by atoms with E-state index in [-0.39, 0.29) is 0 Å². The van der Waals surface area contributed by atoms with Gasteiger partial charge in [-0.1, -0.05) is 38.1 Å². The summed E-state index contributed by atoms with van der Waals surface area (Å²) in [6.45, 7) is 12.8. The highest BCUT2D eigenvalue weighted by Crippen LogP contribution is 2.26. The molecule has 1 aromatic carbocycles. The lowest BCUT2D eigenvalue weighted by Crippen LogP contribution is -2.41. The van der Waals surface area contributed by atoms with Crippen molar-refractivity contribution in [3.8, 4) is 0 Å². The molecule has 0 spiro atoms. The summed E-state index contributed by atoms with van der Waals surface area (Å²) < 4.78 is 5.45. The SMILES string of the molecule is CC(C)Cc1ccc(CN2C[C@@H](CN3CCOCC3)[C@@H](CO)C2)cc1. The molecule has 1 aromatic rings. The predicted molar refractivity (Wildman–Crippen MR) is 102 cm³/mol. The number of ether oxygens (including phenoxy) is 1. The van der Waals surface area contributed by atoms with Crippen molar-refractivity contribution in [3.63, 3.8) is 0 Å². The van der Waals surface area contributed by atoms with Crippen LogP contribution in [-0.2, 0) is 17.7 Å². The van der Waals surface area contributed by atoms with Crippen molar-refractivity contribution in [2.75, 3.05) is 52.5 Å². The summed E-state index contributed by atoms with van der Waals surface area (Å²) in [5, 5.41) is 9.80. The second kappa shape index (κ2) is 9.13. The van der Waals surface area contributed by atoms with Crippen LogP contribution >= 0.6 is 0 Å². The fraction of sp³-hybridized carbons (Fsp3) is 0.714. The molecule has 0 amide bonds. The molecule has 2 atom stereocenters. The lowest BCUT2D eigenvalue weighted by molar-refractivity contribution is 0.0264. The van der Waals surface area contributed by atoms with Crippen molar-refractivity contribution in [3.05, 3.63) is 35.4 Å². The first-order chi connectivity index (χ1) is 12.1. The van der Waals surface area contributed by atoms with E-state index < -0.39 is 0 Å². The van der Waals surface area contributed by atoms with E-state index >= 15 is 0 Å². The quantitative estimate of drug-likeness (QED) is 0.822. The number of morpholine rings is 1. The second-order valence-electron chi connectivity index (χ2n) is 8.22. The van der Waals surface area contributed by atoms with Crippen molar-refractivity contribution >= 4 is 0 Å². The van der Waals surface area contributed by atoms with Crippen molar-refractivity contribution in [1.29, 1.82) is 0 Å². The van der Waals surface area contributed by atoms with E-state index in [1.54, 1.807) is 0 Å². The highest BCUT2D eigenvalue weighted by Gasteiger charge is 2.33. The number of hydrogen-bond donors (Lipinski definition) is 1. The average Bonchev–Trinajstić information content (AvgIpc) is 2.98. The normalized spacial score (nSPS) is 25.8. The predicted octanol–water partition coefficient (Wildman–Crippen LogP) is 2.26. The van der Waals surface area contributed by atoms with Gasteiger partial charge in [-0.15, -0.1) is 0 Å². The topological polar surface area (TPSA) is 35.9 Å². The highest BCUT2D eigenvalue weighted by atomic mass is 16.5.